The first-order valence-corrected chi connectivity index (χ1v) is 10.2. The van der Waals surface area contributed by atoms with Crippen LogP contribution in [0.3, 0.4) is 0 Å². The number of carbonyl (C=O) groups is 1. The van der Waals surface area contributed by atoms with E-state index < -0.39 is 5.60 Å². The van der Waals surface area contributed by atoms with Crippen LogP contribution in [-0.4, -0.2) is 51.5 Å². The van der Waals surface area contributed by atoms with Crippen LogP contribution in [0.2, 0.25) is 0 Å². The van der Waals surface area contributed by atoms with E-state index in [0.717, 1.165) is 31.2 Å². The Labute approximate surface area is 169 Å². The Morgan fingerprint density at radius 2 is 2.14 bits per heavy atom. The highest BCUT2D eigenvalue weighted by Crippen LogP contribution is 2.39. The van der Waals surface area contributed by atoms with E-state index in [-0.39, 0.29) is 23.9 Å². The predicted octanol–water partition coefficient (Wildman–Crippen LogP) is 2.07. The fourth-order valence-corrected chi connectivity index (χ4v) is 4.52. The zero-order chi connectivity index (χ0) is 20.4. The smallest absolute Gasteiger partial charge is 0.267 e. The predicted molar refractivity (Wildman–Crippen MR) is 109 cm³/mol. The van der Waals surface area contributed by atoms with Gasteiger partial charge in [0, 0.05) is 30.6 Å². The van der Waals surface area contributed by atoms with E-state index in [1.54, 1.807) is 18.1 Å². The van der Waals surface area contributed by atoms with Gasteiger partial charge in [0.2, 0.25) is 5.91 Å². The van der Waals surface area contributed by atoms with Crippen LogP contribution >= 0.6 is 0 Å². The standard InChI is InChI=1S/C22H27N3O4/c1-29-18-7-4-5-16(13-18)19-8-9-20(26)25(23-19)15-21(27)24-12-11-22(28)10-3-2-6-17(22)14-24/h4-5,7-9,13,17,28H,2-3,6,10-12,14-15H2,1H3/t17-,22+/m0/s1. The number of rotatable bonds is 4. The number of carbonyl (C=O) groups excluding carboxylic acids is 1. The molecule has 2 aromatic rings. The number of aromatic nitrogens is 2. The van der Waals surface area contributed by atoms with Gasteiger partial charge >= 0.3 is 0 Å². The van der Waals surface area contributed by atoms with Crippen molar-refractivity contribution in [3.63, 3.8) is 0 Å². The van der Waals surface area contributed by atoms with Crippen LogP contribution in [0.5, 0.6) is 5.75 Å². The van der Waals surface area contributed by atoms with Crippen LogP contribution in [0.25, 0.3) is 11.3 Å². The van der Waals surface area contributed by atoms with Gasteiger partial charge in [0.1, 0.15) is 12.3 Å². The van der Waals surface area contributed by atoms with E-state index in [4.69, 9.17) is 4.74 Å². The van der Waals surface area contributed by atoms with Gasteiger partial charge in [-0.05, 0) is 37.5 Å². The molecule has 1 aliphatic heterocycles. The monoisotopic (exact) mass is 397 g/mol. The molecule has 0 radical (unpaired) electrons. The molecule has 1 aromatic carbocycles. The van der Waals surface area contributed by atoms with E-state index >= 15 is 0 Å². The van der Waals surface area contributed by atoms with Crippen molar-refractivity contribution in [3.8, 4) is 17.0 Å². The summed E-state index contributed by atoms with van der Waals surface area (Å²) in [5.41, 5.74) is 0.486. The first-order chi connectivity index (χ1) is 14.0. The molecule has 2 heterocycles. The number of hydrogen-bond acceptors (Lipinski definition) is 5. The summed E-state index contributed by atoms with van der Waals surface area (Å²) in [5.74, 6) is 0.697. The number of piperidine rings is 1. The summed E-state index contributed by atoms with van der Waals surface area (Å²) in [7, 11) is 1.60. The van der Waals surface area contributed by atoms with Gasteiger partial charge in [0.05, 0.1) is 18.4 Å². The van der Waals surface area contributed by atoms with Crippen molar-refractivity contribution >= 4 is 5.91 Å². The number of methoxy groups -OCH3 is 1. The van der Waals surface area contributed by atoms with Gasteiger partial charge in [-0.1, -0.05) is 25.0 Å². The van der Waals surface area contributed by atoms with E-state index in [9.17, 15) is 14.7 Å². The molecule has 0 unspecified atom stereocenters. The summed E-state index contributed by atoms with van der Waals surface area (Å²) in [5, 5.41) is 15.2. The Kier molecular flexibility index (Phi) is 5.41. The second-order valence-electron chi connectivity index (χ2n) is 8.08. The van der Waals surface area contributed by atoms with Crippen molar-refractivity contribution < 1.29 is 14.6 Å². The van der Waals surface area contributed by atoms with Crippen LogP contribution in [0.4, 0.5) is 0 Å². The average molecular weight is 397 g/mol. The Bertz CT molecular complexity index is 957. The summed E-state index contributed by atoms with van der Waals surface area (Å²) in [6, 6.07) is 10.5. The molecule has 2 atom stereocenters. The van der Waals surface area contributed by atoms with Crippen molar-refractivity contribution in [2.45, 2.75) is 44.2 Å². The third kappa shape index (κ3) is 4.05. The highest BCUT2D eigenvalue weighted by atomic mass is 16.5. The highest BCUT2D eigenvalue weighted by Gasteiger charge is 2.43. The van der Waals surface area contributed by atoms with E-state index in [0.29, 0.717) is 31.0 Å². The van der Waals surface area contributed by atoms with Crippen molar-refractivity contribution in [1.29, 1.82) is 0 Å². The molecule has 1 N–H and O–H groups in total. The molecule has 1 saturated carbocycles. The maximum Gasteiger partial charge on any atom is 0.267 e. The van der Waals surface area contributed by atoms with E-state index in [1.165, 1.54) is 10.7 Å². The number of likely N-dealkylation sites (tertiary alicyclic amines) is 1. The van der Waals surface area contributed by atoms with Crippen molar-refractivity contribution in [2.75, 3.05) is 20.2 Å². The minimum Gasteiger partial charge on any atom is -0.497 e. The fraction of sp³-hybridized carbons (Fsp3) is 0.500. The van der Waals surface area contributed by atoms with Crippen molar-refractivity contribution in [1.82, 2.24) is 14.7 Å². The first-order valence-electron chi connectivity index (χ1n) is 10.2. The Morgan fingerprint density at radius 3 is 2.97 bits per heavy atom. The van der Waals surface area contributed by atoms with Gasteiger partial charge in [0.25, 0.3) is 5.56 Å². The number of amides is 1. The van der Waals surface area contributed by atoms with Gasteiger partial charge in [-0.25, -0.2) is 4.68 Å². The first kappa shape index (κ1) is 19.6. The molecule has 1 aromatic heterocycles. The lowest BCUT2D eigenvalue weighted by Crippen LogP contribution is -2.55. The Hall–Kier alpha value is -2.67. The van der Waals surface area contributed by atoms with Gasteiger partial charge in [-0.3, -0.25) is 9.59 Å². The molecule has 0 spiro atoms. The van der Waals surface area contributed by atoms with Crippen LogP contribution in [0.1, 0.15) is 32.1 Å². The van der Waals surface area contributed by atoms with Gasteiger partial charge < -0.3 is 14.7 Å². The molecule has 1 amide bonds. The SMILES string of the molecule is COc1cccc(-c2ccc(=O)n(CC(=O)N3CC[C@]4(O)CCCC[C@H]4C3)n2)c1. The molecule has 7 heteroatoms. The third-order valence-corrected chi connectivity index (χ3v) is 6.30. The molecule has 1 saturated heterocycles. The molecule has 154 valence electrons. The normalized spacial score (nSPS) is 24.1. The molecule has 1 aliphatic carbocycles. The summed E-state index contributed by atoms with van der Waals surface area (Å²) in [4.78, 5) is 26.9. The summed E-state index contributed by atoms with van der Waals surface area (Å²) in [6.45, 7) is 0.984. The lowest BCUT2D eigenvalue weighted by atomic mass is 9.71. The lowest BCUT2D eigenvalue weighted by Gasteiger charge is -2.47. The zero-order valence-electron chi connectivity index (χ0n) is 16.7. The minimum absolute atomic E-state index is 0.0954. The third-order valence-electron chi connectivity index (χ3n) is 6.30. The number of aliphatic hydroxyl groups is 1. The van der Waals surface area contributed by atoms with Gasteiger partial charge in [-0.2, -0.15) is 5.10 Å². The molecule has 2 fully saturated rings. The summed E-state index contributed by atoms with van der Waals surface area (Å²) in [6.07, 6.45) is 4.53. The number of fused-ring (bicyclic) bond motifs is 1. The van der Waals surface area contributed by atoms with Crippen molar-refractivity contribution in [3.05, 3.63) is 46.8 Å². The number of ether oxygens (including phenoxy) is 1. The van der Waals surface area contributed by atoms with E-state index in [1.807, 2.05) is 24.3 Å². The quantitative estimate of drug-likeness (QED) is 0.854. The maximum atomic E-state index is 12.9. The Balaban J connectivity index is 1.50. The van der Waals surface area contributed by atoms with Crippen LogP contribution < -0.4 is 10.3 Å². The van der Waals surface area contributed by atoms with Gasteiger partial charge in [0.15, 0.2) is 0 Å². The molecule has 29 heavy (non-hydrogen) atoms. The van der Waals surface area contributed by atoms with Gasteiger partial charge in [-0.15, -0.1) is 0 Å². The topological polar surface area (TPSA) is 84.7 Å². The zero-order valence-corrected chi connectivity index (χ0v) is 16.7. The molecule has 4 rings (SSSR count). The number of benzene rings is 1. The van der Waals surface area contributed by atoms with Crippen LogP contribution in [0, 0.1) is 5.92 Å². The fourth-order valence-electron chi connectivity index (χ4n) is 4.52. The average Bonchev–Trinajstić information content (AvgIpc) is 2.74. The lowest BCUT2D eigenvalue weighted by molar-refractivity contribution is -0.144. The highest BCUT2D eigenvalue weighted by molar-refractivity contribution is 5.76. The van der Waals surface area contributed by atoms with Crippen LogP contribution in [-0.2, 0) is 11.3 Å². The second kappa shape index (κ2) is 7.99. The molecular weight excluding hydrogens is 370 g/mol. The molecule has 2 aliphatic rings. The molecular formula is C22H27N3O4. The maximum absolute atomic E-state index is 12.9. The van der Waals surface area contributed by atoms with Crippen LogP contribution in [0.15, 0.2) is 41.2 Å². The minimum atomic E-state index is -0.629. The largest absolute Gasteiger partial charge is 0.497 e. The Morgan fingerprint density at radius 1 is 1.28 bits per heavy atom. The summed E-state index contributed by atoms with van der Waals surface area (Å²) < 4.78 is 6.47. The molecule has 0 bridgehead atoms. The summed E-state index contributed by atoms with van der Waals surface area (Å²) >= 11 is 0. The molecule has 7 nitrogen and oxygen atoms in total. The van der Waals surface area contributed by atoms with E-state index in [2.05, 4.69) is 5.10 Å². The number of nitrogens with zero attached hydrogens (tertiary/aromatic N) is 3. The van der Waals surface area contributed by atoms with Crippen molar-refractivity contribution in [2.24, 2.45) is 5.92 Å². The second-order valence-corrected chi connectivity index (χ2v) is 8.08. The number of hydrogen-bond donors (Lipinski definition) is 1.